The molecule has 2 heterocycles. The lowest BCUT2D eigenvalue weighted by molar-refractivity contribution is -0.132. The minimum absolute atomic E-state index is 0.0553. The molecule has 3 aromatic carbocycles. The molecule has 1 atom stereocenters. The Hall–Kier alpha value is -4.57. The summed E-state index contributed by atoms with van der Waals surface area (Å²) in [6, 6.07) is 16.4. The Balaban J connectivity index is 1.67. The molecule has 1 aliphatic rings. The number of amides is 1. The molecule has 1 amide bonds. The Morgan fingerprint density at radius 2 is 1.68 bits per heavy atom. The summed E-state index contributed by atoms with van der Waals surface area (Å²) in [4.78, 5) is 33.2. The minimum Gasteiger partial charge on any atom is -0.507 e. The first-order valence-corrected chi connectivity index (χ1v) is 14.0. The van der Waals surface area contributed by atoms with Crippen molar-refractivity contribution in [2.75, 3.05) is 32.3 Å². The molecule has 10 heteroatoms. The van der Waals surface area contributed by atoms with Crippen LogP contribution in [-0.2, 0) is 9.59 Å². The SMILES string of the molecule is CCCOc1ccc(/C(O)=C2\C(=O)C(=O)N(c3nc4ccc(OC)cc4s3)C2c2ccc(OCC)c(OC)c2)cc1. The van der Waals surface area contributed by atoms with Crippen LogP contribution in [0.25, 0.3) is 16.0 Å². The molecule has 212 valence electrons. The highest BCUT2D eigenvalue weighted by Crippen LogP contribution is 2.46. The molecule has 0 bridgehead atoms. The van der Waals surface area contributed by atoms with Crippen LogP contribution in [0.3, 0.4) is 0 Å². The lowest BCUT2D eigenvalue weighted by Gasteiger charge is -2.24. The first-order chi connectivity index (χ1) is 19.9. The van der Waals surface area contributed by atoms with Gasteiger partial charge in [0.05, 0.1) is 49.3 Å². The van der Waals surface area contributed by atoms with Gasteiger partial charge in [-0.1, -0.05) is 24.3 Å². The number of aliphatic hydroxyl groups excluding tert-OH is 1. The standard InChI is InChI=1S/C31H30N2O7S/c1-5-15-40-20-10-7-18(8-11-20)28(34)26-27(19-9-14-23(39-6-2)24(16-19)38-4)33(30(36)29(26)35)31-32-22-13-12-21(37-3)17-25(22)41-31/h7-14,16-17,27,34H,5-6,15H2,1-4H3/b28-26+. The van der Waals surface area contributed by atoms with Crippen LogP contribution in [0.15, 0.2) is 66.2 Å². The third kappa shape index (κ3) is 5.30. The highest BCUT2D eigenvalue weighted by molar-refractivity contribution is 7.22. The number of methoxy groups -OCH3 is 2. The average molecular weight is 575 g/mol. The third-order valence-corrected chi connectivity index (χ3v) is 7.66. The van der Waals surface area contributed by atoms with Crippen molar-refractivity contribution < 1.29 is 33.6 Å². The van der Waals surface area contributed by atoms with Gasteiger partial charge in [0.15, 0.2) is 16.6 Å². The molecule has 1 saturated heterocycles. The van der Waals surface area contributed by atoms with Crippen molar-refractivity contribution in [2.24, 2.45) is 0 Å². The van der Waals surface area contributed by atoms with Crippen LogP contribution in [0.1, 0.15) is 37.4 Å². The second-order valence-electron chi connectivity index (χ2n) is 9.22. The van der Waals surface area contributed by atoms with Gasteiger partial charge < -0.3 is 24.1 Å². The Morgan fingerprint density at radius 3 is 2.37 bits per heavy atom. The summed E-state index contributed by atoms with van der Waals surface area (Å²) in [5, 5.41) is 11.8. The van der Waals surface area contributed by atoms with Gasteiger partial charge in [-0.25, -0.2) is 4.98 Å². The van der Waals surface area contributed by atoms with E-state index in [9.17, 15) is 14.7 Å². The van der Waals surface area contributed by atoms with Crippen LogP contribution in [0.2, 0.25) is 0 Å². The van der Waals surface area contributed by atoms with Gasteiger partial charge in [-0.05, 0) is 73.5 Å². The van der Waals surface area contributed by atoms with E-state index in [1.54, 1.807) is 61.7 Å². The predicted molar refractivity (Wildman–Crippen MR) is 157 cm³/mol. The lowest BCUT2D eigenvalue weighted by atomic mass is 9.95. The molecular formula is C31H30N2O7S. The number of carbonyl (C=O) groups is 2. The van der Waals surface area contributed by atoms with Gasteiger partial charge >= 0.3 is 5.91 Å². The van der Waals surface area contributed by atoms with Gasteiger partial charge in [-0.15, -0.1) is 0 Å². The number of aromatic nitrogens is 1. The van der Waals surface area contributed by atoms with E-state index in [1.165, 1.54) is 23.3 Å². The van der Waals surface area contributed by atoms with Gasteiger partial charge in [-0.2, -0.15) is 0 Å². The second-order valence-corrected chi connectivity index (χ2v) is 10.2. The number of fused-ring (bicyclic) bond motifs is 1. The van der Waals surface area contributed by atoms with Crippen molar-refractivity contribution >= 4 is 44.1 Å². The maximum Gasteiger partial charge on any atom is 0.301 e. The Labute approximate surface area is 241 Å². The van der Waals surface area contributed by atoms with Gasteiger partial charge in [0.25, 0.3) is 5.78 Å². The van der Waals surface area contributed by atoms with Gasteiger partial charge in [0.2, 0.25) is 0 Å². The molecule has 1 aliphatic heterocycles. The molecule has 1 fully saturated rings. The van der Waals surface area contributed by atoms with Gasteiger partial charge in [0.1, 0.15) is 17.3 Å². The Kier molecular flexibility index (Phi) is 8.11. The van der Waals surface area contributed by atoms with Crippen molar-refractivity contribution in [3.05, 3.63) is 77.4 Å². The van der Waals surface area contributed by atoms with Crippen molar-refractivity contribution in [2.45, 2.75) is 26.3 Å². The van der Waals surface area contributed by atoms with E-state index in [0.717, 1.165) is 11.1 Å². The number of hydrogen-bond acceptors (Lipinski definition) is 9. The molecule has 9 nitrogen and oxygen atoms in total. The normalized spacial score (nSPS) is 16.3. The first kappa shape index (κ1) is 28.0. The van der Waals surface area contributed by atoms with Gasteiger partial charge in [-0.3, -0.25) is 14.5 Å². The van der Waals surface area contributed by atoms with Crippen molar-refractivity contribution in [3.8, 4) is 23.0 Å². The monoisotopic (exact) mass is 574 g/mol. The maximum absolute atomic E-state index is 13.6. The van der Waals surface area contributed by atoms with E-state index in [-0.39, 0.29) is 11.3 Å². The summed E-state index contributed by atoms with van der Waals surface area (Å²) in [6.45, 7) is 4.87. The number of Topliss-reactive ketones (excluding diaryl/α,β-unsaturated/α-hetero) is 1. The Bertz CT molecular complexity index is 1630. The van der Waals surface area contributed by atoms with E-state index >= 15 is 0 Å². The van der Waals surface area contributed by atoms with Crippen LogP contribution < -0.4 is 23.8 Å². The highest BCUT2D eigenvalue weighted by atomic mass is 32.1. The molecule has 0 radical (unpaired) electrons. The molecule has 0 spiro atoms. The van der Waals surface area contributed by atoms with E-state index in [1.807, 2.05) is 19.9 Å². The Morgan fingerprint density at radius 1 is 0.927 bits per heavy atom. The number of anilines is 1. The van der Waals surface area contributed by atoms with E-state index < -0.39 is 17.7 Å². The second kappa shape index (κ2) is 11.9. The number of thiazole rings is 1. The largest absolute Gasteiger partial charge is 0.507 e. The van der Waals surface area contributed by atoms with Crippen LogP contribution in [0.5, 0.6) is 23.0 Å². The summed E-state index contributed by atoms with van der Waals surface area (Å²) in [6.07, 6.45) is 0.856. The van der Waals surface area contributed by atoms with Crippen LogP contribution in [0, 0.1) is 0 Å². The number of ether oxygens (including phenoxy) is 4. The summed E-state index contributed by atoms with van der Waals surface area (Å²) >= 11 is 1.25. The van der Waals surface area contributed by atoms with E-state index in [4.69, 9.17) is 18.9 Å². The van der Waals surface area contributed by atoms with E-state index in [2.05, 4.69) is 4.98 Å². The first-order valence-electron chi connectivity index (χ1n) is 13.2. The van der Waals surface area contributed by atoms with Crippen molar-refractivity contribution in [1.29, 1.82) is 0 Å². The van der Waals surface area contributed by atoms with Crippen LogP contribution >= 0.6 is 11.3 Å². The number of hydrogen-bond donors (Lipinski definition) is 1. The van der Waals surface area contributed by atoms with Crippen molar-refractivity contribution in [3.63, 3.8) is 0 Å². The maximum atomic E-state index is 13.6. The number of ketones is 1. The quantitative estimate of drug-likeness (QED) is 0.137. The molecule has 5 rings (SSSR count). The zero-order valence-electron chi connectivity index (χ0n) is 23.2. The zero-order chi connectivity index (χ0) is 29.1. The number of nitrogens with zero attached hydrogens (tertiary/aromatic N) is 2. The fourth-order valence-corrected chi connectivity index (χ4v) is 5.70. The van der Waals surface area contributed by atoms with Crippen LogP contribution in [-0.4, -0.2) is 49.2 Å². The summed E-state index contributed by atoms with van der Waals surface area (Å²) in [7, 11) is 3.09. The fourth-order valence-electron chi connectivity index (χ4n) is 4.68. The molecule has 41 heavy (non-hydrogen) atoms. The van der Waals surface area contributed by atoms with Gasteiger partial charge in [0, 0.05) is 5.56 Å². The smallest absolute Gasteiger partial charge is 0.301 e. The summed E-state index contributed by atoms with van der Waals surface area (Å²) in [5.41, 5.74) is 1.52. The molecule has 0 aliphatic carbocycles. The van der Waals surface area contributed by atoms with Crippen LogP contribution in [0.4, 0.5) is 5.13 Å². The number of benzene rings is 3. The predicted octanol–water partition coefficient (Wildman–Crippen LogP) is 6.13. The molecule has 1 N–H and O–H groups in total. The summed E-state index contributed by atoms with van der Waals surface area (Å²) < 4.78 is 23.0. The highest BCUT2D eigenvalue weighted by Gasteiger charge is 2.48. The fraction of sp³-hybridized carbons (Fsp3) is 0.258. The minimum atomic E-state index is -0.974. The molecule has 1 aromatic heterocycles. The number of rotatable bonds is 10. The molecule has 1 unspecified atom stereocenters. The zero-order valence-corrected chi connectivity index (χ0v) is 24.0. The average Bonchev–Trinajstić information content (AvgIpc) is 3.53. The molecule has 4 aromatic rings. The van der Waals surface area contributed by atoms with Crippen molar-refractivity contribution in [1.82, 2.24) is 4.98 Å². The lowest BCUT2D eigenvalue weighted by Crippen LogP contribution is -2.29. The number of aliphatic hydroxyl groups is 1. The number of carbonyl (C=O) groups excluding carboxylic acids is 2. The summed E-state index contributed by atoms with van der Waals surface area (Å²) in [5.74, 6) is 0.331. The van der Waals surface area contributed by atoms with E-state index in [0.29, 0.717) is 58.0 Å². The molecular weight excluding hydrogens is 544 g/mol. The third-order valence-electron chi connectivity index (χ3n) is 6.64. The molecule has 0 saturated carbocycles. The topological polar surface area (TPSA) is 107 Å².